The maximum Gasteiger partial charge on any atom is 0.133 e. The SMILES string of the molecule is CCCCCCC=CCN(c1ccc(C)cc1)c1ccc(Br)cn1. The summed E-state index contributed by atoms with van der Waals surface area (Å²) in [5, 5.41) is 0. The van der Waals surface area contributed by atoms with Gasteiger partial charge in [-0.15, -0.1) is 0 Å². The van der Waals surface area contributed by atoms with Crippen molar-refractivity contribution in [2.45, 2.75) is 46.0 Å². The number of unbranched alkanes of at least 4 members (excludes halogenated alkanes) is 4. The fourth-order valence-corrected chi connectivity index (χ4v) is 2.80. The topological polar surface area (TPSA) is 16.1 Å². The van der Waals surface area contributed by atoms with Crippen molar-refractivity contribution < 1.29 is 0 Å². The number of pyridine rings is 1. The van der Waals surface area contributed by atoms with Crippen LogP contribution in [0.3, 0.4) is 0 Å². The van der Waals surface area contributed by atoms with Crippen LogP contribution in [0.4, 0.5) is 11.5 Å². The van der Waals surface area contributed by atoms with Crippen molar-refractivity contribution in [1.82, 2.24) is 4.98 Å². The Balaban J connectivity index is 2.04. The molecule has 24 heavy (non-hydrogen) atoms. The molecule has 2 nitrogen and oxygen atoms in total. The first kappa shape index (κ1) is 18.7. The molecule has 0 aliphatic heterocycles. The summed E-state index contributed by atoms with van der Waals surface area (Å²) in [6.45, 7) is 5.20. The molecule has 1 aromatic carbocycles. The van der Waals surface area contributed by atoms with Crippen LogP contribution >= 0.6 is 15.9 Å². The lowest BCUT2D eigenvalue weighted by Gasteiger charge is -2.22. The zero-order valence-electron chi connectivity index (χ0n) is 14.7. The number of allylic oxidation sites excluding steroid dienone is 1. The Hall–Kier alpha value is -1.61. The minimum atomic E-state index is 0.839. The van der Waals surface area contributed by atoms with Crippen LogP contribution in [-0.4, -0.2) is 11.5 Å². The average molecular weight is 387 g/mol. The van der Waals surface area contributed by atoms with Crippen LogP contribution in [0, 0.1) is 6.92 Å². The van der Waals surface area contributed by atoms with E-state index in [-0.39, 0.29) is 0 Å². The Kier molecular flexibility index (Phi) is 8.03. The second kappa shape index (κ2) is 10.3. The Bertz CT molecular complexity index is 572. The van der Waals surface area contributed by atoms with Crippen LogP contribution in [-0.2, 0) is 0 Å². The summed E-state index contributed by atoms with van der Waals surface area (Å²) >= 11 is 3.46. The average Bonchev–Trinajstić information content (AvgIpc) is 2.60. The lowest BCUT2D eigenvalue weighted by molar-refractivity contribution is 0.674. The van der Waals surface area contributed by atoms with E-state index in [9.17, 15) is 0 Å². The fourth-order valence-electron chi connectivity index (χ4n) is 2.57. The highest BCUT2D eigenvalue weighted by molar-refractivity contribution is 9.10. The van der Waals surface area contributed by atoms with Gasteiger partial charge in [0.25, 0.3) is 0 Å². The molecule has 1 heterocycles. The maximum absolute atomic E-state index is 4.56. The first-order valence-electron chi connectivity index (χ1n) is 8.81. The minimum Gasteiger partial charge on any atom is -0.323 e. The second-order valence-corrected chi connectivity index (χ2v) is 7.02. The molecule has 0 saturated heterocycles. The Morgan fingerprint density at radius 2 is 1.79 bits per heavy atom. The molecule has 2 aromatic rings. The van der Waals surface area contributed by atoms with E-state index >= 15 is 0 Å². The molecule has 0 unspecified atom stereocenters. The monoisotopic (exact) mass is 386 g/mol. The Morgan fingerprint density at radius 3 is 2.46 bits per heavy atom. The molecule has 0 saturated carbocycles. The zero-order valence-corrected chi connectivity index (χ0v) is 16.3. The molecular weight excluding hydrogens is 360 g/mol. The summed E-state index contributed by atoms with van der Waals surface area (Å²) < 4.78 is 1.00. The van der Waals surface area contributed by atoms with E-state index in [1.165, 1.54) is 36.9 Å². The van der Waals surface area contributed by atoms with Gasteiger partial charge in [0.05, 0.1) is 0 Å². The van der Waals surface area contributed by atoms with Gasteiger partial charge < -0.3 is 4.90 Å². The van der Waals surface area contributed by atoms with Crippen LogP contribution in [0.1, 0.15) is 44.6 Å². The molecule has 0 N–H and O–H groups in total. The molecule has 0 spiro atoms. The van der Waals surface area contributed by atoms with Crippen molar-refractivity contribution >= 4 is 27.4 Å². The van der Waals surface area contributed by atoms with Gasteiger partial charge in [0.1, 0.15) is 5.82 Å². The second-order valence-electron chi connectivity index (χ2n) is 6.10. The van der Waals surface area contributed by atoms with Gasteiger partial charge in [-0.25, -0.2) is 4.98 Å². The van der Waals surface area contributed by atoms with Gasteiger partial charge in [0, 0.05) is 22.9 Å². The van der Waals surface area contributed by atoms with E-state index in [0.29, 0.717) is 0 Å². The molecular formula is C21H27BrN2. The highest BCUT2D eigenvalue weighted by atomic mass is 79.9. The molecule has 0 atom stereocenters. The summed E-state index contributed by atoms with van der Waals surface area (Å²) in [5.41, 5.74) is 2.44. The van der Waals surface area contributed by atoms with Crippen LogP contribution < -0.4 is 4.90 Å². The van der Waals surface area contributed by atoms with E-state index in [1.54, 1.807) is 0 Å². The zero-order chi connectivity index (χ0) is 17.2. The third kappa shape index (κ3) is 6.12. The van der Waals surface area contributed by atoms with E-state index in [1.807, 2.05) is 12.3 Å². The van der Waals surface area contributed by atoms with Crippen LogP contribution in [0.2, 0.25) is 0 Å². The molecule has 0 bridgehead atoms. The van der Waals surface area contributed by atoms with Crippen molar-refractivity contribution in [2.75, 3.05) is 11.4 Å². The number of nitrogens with zero attached hydrogens (tertiary/aromatic N) is 2. The smallest absolute Gasteiger partial charge is 0.133 e. The van der Waals surface area contributed by atoms with Crippen LogP contribution in [0.5, 0.6) is 0 Å². The molecule has 3 heteroatoms. The highest BCUT2D eigenvalue weighted by Crippen LogP contribution is 2.24. The predicted octanol–water partition coefficient (Wildman–Crippen LogP) is 6.82. The maximum atomic E-state index is 4.56. The molecule has 0 aliphatic carbocycles. The molecule has 0 radical (unpaired) electrons. The van der Waals surface area contributed by atoms with Crippen LogP contribution in [0.25, 0.3) is 0 Å². The van der Waals surface area contributed by atoms with Gasteiger partial charge in [-0.3, -0.25) is 0 Å². The fraction of sp³-hybridized carbons (Fsp3) is 0.381. The summed E-state index contributed by atoms with van der Waals surface area (Å²) in [5.74, 6) is 0.970. The van der Waals surface area contributed by atoms with E-state index in [4.69, 9.17) is 0 Å². The number of hydrogen-bond acceptors (Lipinski definition) is 2. The third-order valence-electron chi connectivity index (χ3n) is 4.01. The number of rotatable bonds is 9. The van der Waals surface area contributed by atoms with E-state index in [2.05, 4.69) is 82.1 Å². The molecule has 1 aromatic heterocycles. The van der Waals surface area contributed by atoms with Gasteiger partial charge in [0.15, 0.2) is 0 Å². The van der Waals surface area contributed by atoms with Crippen molar-refractivity contribution in [3.05, 3.63) is 64.8 Å². The lowest BCUT2D eigenvalue weighted by atomic mass is 10.1. The predicted molar refractivity (Wildman–Crippen MR) is 108 cm³/mol. The van der Waals surface area contributed by atoms with Gasteiger partial charge in [-0.1, -0.05) is 56.0 Å². The summed E-state index contributed by atoms with van der Waals surface area (Å²) in [4.78, 5) is 6.81. The highest BCUT2D eigenvalue weighted by Gasteiger charge is 2.08. The number of aromatic nitrogens is 1. The van der Waals surface area contributed by atoms with E-state index in [0.717, 1.165) is 23.3 Å². The largest absolute Gasteiger partial charge is 0.323 e. The quantitative estimate of drug-likeness (QED) is 0.347. The standard InChI is InChI=1S/C21H27BrN2/c1-3-4-5-6-7-8-9-16-24(20-13-10-18(2)11-14-20)21-15-12-19(22)17-23-21/h8-15,17H,3-7,16H2,1-2H3. The summed E-state index contributed by atoms with van der Waals surface area (Å²) in [7, 11) is 0. The number of anilines is 2. The molecule has 0 fully saturated rings. The normalized spacial score (nSPS) is 11.1. The number of benzene rings is 1. The number of aryl methyl sites for hydroxylation is 1. The molecule has 128 valence electrons. The minimum absolute atomic E-state index is 0.839. The van der Waals surface area contributed by atoms with Crippen molar-refractivity contribution in [1.29, 1.82) is 0 Å². The Labute approximate surface area is 154 Å². The van der Waals surface area contributed by atoms with Crippen molar-refractivity contribution in [2.24, 2.45) is 0 Å². The van der Waals surface area contributed by atoms with Crippen molar-refractivity contribution in [3.8, 4) is 0 Å². The molecule has 0 amide bonds. The van der Waals surface area contributed by atoms with Gasteiger partial charge in [0.2, 0.25) is 0 Å². The molecule has 0 aliphatic rings. The first-order chi connectivity index (χ1) is 11.7. The number of halogens is 1. The van der Waals surface area contributed by atoms with E-state index < -0.39 is 0 Å². The molecule has 2 rings (SSSR count). The van der Waals surface area contributed by atoms with Gasteiger partial charge in [-0.05, 0) is 60.0 Å². The third-order valence-corrected chi connectivity index (χ3v) is 4.48. The van der Waals surface area contributed by atoms with Crippen molar-refractivity contribution in [3.63, 3.8) is 0 Å². The van der Waals surface area contributed by atoms with Gasteiger partial charge in [-0.2, -0.15) is 0 Å². The summed E-state index contributed by atoms with van der Waals surface area (Å²) in [6.07, 6.45) is 12.8. The first-order valence-corrected chi connectivity index (χ1v) is 9.60. The van der Waals surface area contributed by atoms with Crippen LogP contribution in [0.15, 0.2) is 59.2 Å². The Morgan fingerprint density at radius 1 is 1.00 bits per heavy atom. The van der Waals surface area contributed by atoms with Gasteiger partial charge >= 0.3 is 0 Å². The summed E-state index contributed by atoms with van der Waals surface area (Å²) in [6, 6.07) is 12.7. The lowest BCUT2D eigenvalue weighted by Crippen LogP contribution is -2.18. The number of hydrogen-bond donors (Lipinski definition) is 0.